The highest BCUT2D eigenvalue weighted by atomic mass is 16.5. The van der Waals surface area contributed by atoms with E-state index in [1.54, 1.807) is 7.05 Å². The number of nitrogens with zero attached hydrogens (tertiary/aromatic N) is 4. The number of amides is 1. The summed E-state index contributed by atoms with van der Waals surface area (Å²) in [6, 6.07) is 16.1. The molecule has 1 saturated heterocycles. The number of carboxylic acid groups (broad SMARTS) is 1. The van der Waals surface area contributed by atoms with E-state index in [4.69, 9.17) is 9.72 Å². The van der Waals surface area contributed by atoms with Gasteiger partial charge in [-0.1, -0.05) is 36.4 Å². The molecule has 7 heteroatoms. The molecule has 1 fully saturated rings. The third-order valence-corrected chi connectivity index (χ3v) is 7.24. The lowest BCUT2D eigenvalue weighted by Crippen LogP contribution is -2.35. The Morgan fingerprint density at radius 2 is 1.79 bits per heavy atom. The molecule has 3 heterocycles. The van der Waals surface area contributed by atoms with E-state index in [1.807, 2.05) is 24.3 Å². The minimum absolute atomic E-state index is 0.197. The van der Waals surface area contributed by atoms with Crippen molar-refractivity contribution < 1.29 is 14.6 Å². The van der Waals surface area contributed by atoms with Gasteiger partial charge in [0, 0.05) is 43.6 Å². The minimum Gasteiger partial charge on any atom is -0.465 e. The molecule has 178 valence electrons. The standard InChI is InChI=1S/C27H32N4O3/c1-18-24(20-8-10-21(11-9-20)30(3)27(32)33)28-26-25(34-22-13-15-29(2)16-14-22)23-7-5-4-6-19(23)12-17-31(18)26/h4-11,22,25H,12-17H2,1-3H3,(H,32,33). The molecule has 34 heavy (non-hydrogen) atoms. The number of anilines is 1. The van der Waals surface area contributed by atoms with Gasteiger partial charge in [-0.05, 0) is 56.5 Å². The highest BCUT2D eigenvalue weighted by Gasteiger charge is 2.32. The Kier molecular flexibility index (Phi) is 6.15. The second-order valence-electron chi connectivity index (χ2n) is 9.41. The summed E-state index contributed by atoms with van der Waals surface area (Å²) in [4.78, 5) is 20.0. The molecular weight excluding hydrogens is 428 g/mol. The minimum atomic E-state index is -0.981. The molecule has 0 bridgehead atoms. The van der Waals surface area contributed by atoms with Gasteiger partial charge in [-0.15, -0.1) is 0 Å². The van der Waals surface area contributed by atoms with Gasteiger partial charge in [-0.25, -0.2) is 9.78 Å². The van der Waals surface area contributed by atoms with Crippen molar-refractivity contribution in [3.05, 3.63) is 71.2 Å². The lowest BCUT2D eigenvalue weighted by Gasteiger charge is -2.32. The molecule has 2 aliphatic heterocycles. The lowest BCUT2D eigenvalue weighted by molar-refractivity contribution is -0.0276. The predicted octanol–water partition coefficient (Wildman–Crippen LogP) is 4.73. The zero-order chi connectivity index (χ0) is 23.8. The van der Waals surface area contributed by atoms with Crippen LogP contribution >= 0.6 is 0 Å². The number of rotatable bonds is 4. The van der Waals surface area contributed by atoms with Gasteiger partial charge in [0.15, 0.2) is 0 Å². The van der Waals surface area contributed by atoms with Crippen LogP contribution in [-0.2, 0) is 17.7 Å². The Morgan fingerprint density at radius 3 is 2.50 bits per heavy atom. The van der Waals surface area contributed by atoms with Crippen LogP contribution in [0.3, 0.4) is 0 Å². The van der Waals surface area contributed by atoms with Crippen molar-refractivity contribution in [1.29, 1.82) is 0 Å². The number of ether oxygens (including phenoxy) is 1. The maximum atomic E-state index is 11.3. The third kappa shape index (κ3) is 4.21. The molecule has 3 aromatic rings. The van der Waals surface area contributed by atoms with Crippen LogP contribution < -0.4 is 4.90 Å². The number of imidazole rings is 1. The van der Waals surface area contributed by atoms with Gasteiger partial charge in [0.05, 0.1) is 11.8 Å². The van der Waals surface area contributed by atoms with Crippen molar-refractivity contribution in [3.8, 4) is 11.3 Å². The Morgan fingerprint density at radius 1 is 1.09 bits per heavy atom. The fraction of sp³-hybridized carbons (Fsp3) is 0.407. The fourth-order valence-corrected chi connectivity index (χ4v) is 5.10. The van der Waals surface area contributed by atoms with Gasteiger partial charge < -0.3 is 19.3 Å². The number of hydrogen-bond acceptors (Lipinski definition) is 4. The monoisotopic (exact) mass is 460 g/mol. The molecule has 1 aromatic heterocycles. The summed E-state index contributed by atoms with van der Waals surface area (Å²) in [7, 11) is 3.71. The van der Waals surface area contributed by atoms with Gasteiger partial charge in [0.1, 0.15) is 11.9 Å². The number of carbonyl (C=O) groups is 1. The summed E-state index contributed by atoms with van der Waals surface area (Å²) in [6.07, 6.45) is 2.03. The van der Waals surface area contributed by atoms with Crippen LogP contribution in [0.4, 0.5) is 10.5 Å². The van der Waals surface area contributed by atoms with E-state index in [0.717, 1.165) is 61.7 Å². The summed E-state index contributed by atoms with van der Waals surface area (Å²) in [5.74, 6) is 0.961. The molecule has 0 radical (unpaired) electrons. The molecule has 5 rings (SSSR count). The number of piperidine rings is 1. The van der Waals surface area contributed by atoms with Crippen LogP contribution in [0.5, 0.6) is 0 Å². The summed E-state index contributed by atoms with van der Waals surface area (Å²) in [5, 5.41) is 9.26. The Bertz CT molecular complexity index is 1180. The molecule has 1 unspecified atom stereocenters. The van der Waals surface area contributed by atoms with E-state index >= 15 is 0 Å². The number of fused-ring (bicyclic) bond motifs is 2. The first-order valence-electron chi connectivity index (χ1n) is 12.0. The van der Waals surface area contributed by atoms with Crippen LogP contribution in [0.2, 0.25) is 0 Å². The van der Waals surface area contributed by atoms with Gasteiger partial charge in [0.2, 0.25) is 0 Å². The number of likely N-dealkylation sites (tertiary alicyclic amines) is 1. The summed E-state index contributed by atoms with van der Waals surface area (Å²) < 4.78 is 9.12. The average molecular weight is 461 g/mol. The van der Waals surface area contributed by atoms with Crippen LogP contribution in [0.1, 0.15) is 41.6 Å². The van der Waals surface area contributed by atoms with Crippen LogP contribution in [-0.4, -0.2) is 58.9 Å². The zero-order valence-electron chi connectivity index (χ0n) is 20.1. The van der Waals surface area contributed by atoms with E-state index in [0.29, 0.717) is 5.69 Å². The molecule has 0 saturated carbocycles. The Hall–Kier alpha value is -3.16. The van der Waals surface area contributed by atoms with Gasteiger partial charge >= 0.3 is 6.09 Å². The number of hydrogen-bond donors (Lipinski definition) is 1. The zero-order valence-corrected chi connectivity index (χ0v) is 20.1. The quantitative estimate of drug-likeness (QED) is 0.610. The van der Waals surface area contributed by atoms with Gasteiger partial charge in [-0.3, -0.25) is 4.90 Å². The van der Waals surface area contributed by atoms with Crippen LogP contribution in [0, 0.1) is 6.92 Å². The molecule has 1 N–H and O–H groups in total. The van der Waals surface area contributed by atoms with Crippen LogP contribution in [0.15, 0.2) is 48.5 Å². The highest BCUT2D eigenvalue weighted by Crippen LogP contribution is 2.37. The van der Waals surface area contributed by atoms with E-state index in [9.17, 15) is 9.90 Å². The predicted molar refractivity (Wildman–Crippen MR) is 132 cm³/mol. The summed E-state index contributed by atoms with van der Waals surface area (Å²) in [5.41, 5.74) is 6.19. The van der Waals surface area contributed by atoms with E-state index in [1.165, 1.54) is 16.0 Å². The maximum Gasteiger partial charge on any atom is 0.411 e. The molecule has 2 aliphatic rings. The van der Waals surface area contributed by atoms with Gasteiger partial charge in [0.25, 0.3) is 0 Å². The molecule has 2 aromatic carbocycles. The molecular formula is C27H32N4O3. The number of benzene rings is 2. The van der Waals surface area contributed by atoms with Gasteiger partial charge in [-0.2, -0.15) is 0 Å². The van der Waals surface area contributed by atoms with Crippen molar-refractivity contribution in [2.45, 2.75) is 44.9 Å². The molecule has 1 atom stereocenters. The lowest BCUT2D eigenvalue weighted by atomic mass is 10.00. The maximum absolute atomic E-state index is 11.3. The molecule has 0 aliphatic carbocycles. The smallest absolute Gasteiger partial charge is 0.411 e. The highest BCUT2D eigenvalue weighted by molar-refractivity contribution is 5.85. The Balaban J connectivity index is 1.52. The SMILES string of the molecule is Cc1c(-c2ccc(N(C)C(=O)O)cc2)nc2n1CCc1ccccc1C2OC1CCN(C)CC1. The molecule has 1 amide bonds. The molecule has 0 spiro atoms. The largest absolute Gasteiger partial charge is 0.465 e. The first kappa shape index (κ1) is 22.6. The van der Waals surface area contributed by atoms with Crippen molar-refractivity contribution in [3.63, 3.8) is 0 Å². The molecule has 7 nitrogen and oxygen atoms in total. The van der Waals surface area contributed by atoms with E-state index in [2.05, 4.69) is 47.7 Å². The second kappa shape index (κ2) is 9.24. The number of aromatic nitrogens is 2. The van der Waals surface area contributed by atoms with Crippen molar-refractivity contribution in [2.24, 2.45) is 0 Å². The normalized spacial score (nSPS) is 18.7. The third-order valence-electron chi connectivity index (χ3n) is 7.24. The second-order valence-corrected chi connectivity index (χ2v) is 9.41. The van der Waals surface area contributed by atoms with Crippen molar-refractivity contribution in [2.75, 3.05) is 32.1 Å². The summed E-state index contributed by atoms with van der Waals surface area (Å²) >= 11 is 0. The summed E-state index contributed by atoms with van der Waals surface area (Å²) in [6.45, 7) is 5.08. The van der Waals surface area contributed by atoms with Crippen LogP contribution in [0.25, 0.3) is 11.3 Å². The number of aryl methyl sites for hydroxylation is 1. The first-order valence-corrected chi connectivity index (χ1v) is 12.0. The first-order chi connectivity index (χ1) is 16.4. The Labute approximate surface area is 200 Å². The van der Waals surface area contributed by atoms with E-state index in [-0.39, 0.29) is 12.2 Å². The topological polar surface area (TPSA) is 70.8 Å². The fourth-order valence-electron chi connectivity index (χ4n) is 5.10. The van der Waals surface area contributed by atoms with Crippen molar-refractivity contribution >= 4 is 11.8 Å². The van der Waals surface area contributed by atoms with Crippen molar-refractivity contribution in [1.82, 2.24) is 14.5 Å². The average Bonchev–Trinajstić information content (AvgIpc) is 3.09. The van der Waals surface area contributed by atoms with E-state index < -0.39 is 6.09 Å².